The first kappa shape index (κ1) is 15.1. The van der Waals surface area contributed by atoms with Gasteiger partial charge < -0.3 is 10.1 Å². The van der Waals surface area contributed by atoms with Crippen LogP contribution in [0.1, 0.15) is 25.7 Å². The van der Waals surface area contributed by atoms with Gasteiger partial charge in [-0.2, -0.15) is 5.10 Å². The molecule has 0 radical (unpaired) electrons. The first-order chi connectivity index (χ1) is 9.72. The Labute approximate surface area is 123 Å². The largest absolute Gasteiger partial charge is 0.380 e. The second-order valence-electron chi connectivity index (χ2n) is 4.85. The van der Waals surface area contributed by atoms with E-state index in [1.165, 1.54) is 17.5 Å². The third kappa shape index (κ3) is 3.84. The van der Waals surface area contributed by atoms with Crippen molar-refractivity contribution in [2.45, 2.75) is 38.3 Å². The molecule has 0 saturated heterocycles. The minimum Gasteiger partial charge on any atom is -0.380 e. The zero-order chi connectivity index (χ0) is 14.4. The van der Waals surface area contributed by atoms with E-state index < -0.39 is 0 Å². The molecule has 20 heavy (non-hydrogen) atoms. The number of ether oxygens (including phenoxy) is 1. The topological polar surface area (TPSA) is 56.1 Å². The molecule has 0 unspecified atom stereocenters. The summed E-state index contributed by atoms with van der Waals surface area (Å²) in [5.41, 5.74) is 0.236. The van der Waals surface area contributed by atoms with E-state index >= 15 is 0 Å². The lowest BCUT2D eigenvalue weighted by Gasteiger charge is -2.13. The Kier molecular flexibility index (Phi) is 5.61. The minimum atomic E-state index is -0.312. The van der Waals surface area contributed by atoms with Gasteiger partial charge in [0.2, 0.25) is 0 Å². The molecule has 1 heterocycles. The van der Waals surface area contributed by atoms with Crippen LogP contribution >= 0.6 is 11.6 Å². The van der Waals surface area contributed by atoms with Crippen molar-refractivity contribution in [3.8, 4) is 0 Å². The van der Waals surface area contributed by atoms with Gasteiger partial charge in [0.25, 0.3) is 5.56 Å². The highest BCUT2D eigenvalue weighted by molar-refractivity contribution is 6.32. The van der Waals surface area contributed by atoms with E-state index in [9.17, 15) is 4.79 Å². The molecule has 0 spiro atoms. The number of allylic oxidation sites excluding steroid dienone is 1. The molecule has 0 bridgehead atoms. The molecule has 1 aromatic rings. The van der Waals surface area contributed by atoms with Gasteiger partial charge in [-0.3, -0.25) is 4.79 Å². The molecule has 6 heteroatoms. The van der Waals surface area contributed by atoms with Crippen LogP contribution in [0.4, 0.5) is 5.69 Å². The molecule has 0 aromatic carbocycles. The van der Waals surface area contributed by atoms with Gasteiger partial charge in [0.15, 0.2) is 0 Å². The lowest BCUT2D eigenvalue weighted by molar-refractivity contribution is 0.0659. The van der Waals surface area contributed by atoms with Gasteiger partial charge in [-0.05, 0) is 12.8 Å². The lowest BCUT2D eigenvalue weighted by Crippen LogP contribution is -2.24. The van der Waals surface area contributed by atoms with Gasteiger partial charge in [-0.15, -0.1) is 6.58 Å². The van der Waals surface area contributed by atoms with Gasteiger partial charge in [-0.1, -0.05) is 30.5 Å². The van der Waals surface area contributed by atoms with Crippen LogP contribution in [0.3, 0.4) is 0 Å². The first-order valence-corrected chi connectivity index (χ1v) is 7.32. The molecule has 0 aliphatic heterocycles. The Bertz CT molecular complexity index is 510. The Morgan fingerprint density at radius 3 is 3.00 bits per heavy atom. The summed E-state index contributed by atoms with van der Waals surface area (Å²) >= 11 is 6.03. The van der Waals surface area contributed by atoms with Crippen LogP contribution in [0, 0.1) is 0 Å². The van der Waals surface area contributed by atoms with E-state index in [4.69, 9.17) is 16.3 Å². The summed E-state index contributed by atoms with van der Waals surface area (Å²) in [5.74, 6) is 0. The standard InChI is InChI=1S/C14H20ClN3O2/c1-2-8-18-14(19)13(15)12(10-17-18)16-7-9-20-11-5-3-4-6-11/h2,10-11,16H,1,3-9H2. The number of nitrogens with one attached hydrogen (secondary N) is 1. The average molecular weight is 298 g/mol. The second kappa shape index (κ2) is 7.45. The highest BCUT2D eigenvalue weighted by Gasteiger charge is 2.15. The Morgan fingerprint density at radius 2 is 2.30 bits per heavy atom. The summed E-state index contributed by atoms with van der Waals surface area (Å²) in [5, 5.41) is 7.27. The fourth-order valence-electron chi connectivity index (χ4n) is 2.31. The average Bonchev–Trinajstić information content (AvgIpc) is 2.95. The Morgan fingerprint density at radius 1 is 1.55 bits per heavy atom. The van der Waals surface area contributed by atoms with Crippen LogP contribution in [0.15, 0.2) is 23.6 Å². The molecular formula is C14H20ClN3O2. The predicted molar refractivity (Wildman–Crippen MR) is 80.4 cm³/mol. The van der Waals surface area contributed by atoms with Crippen molar-refractivity contribution >= 4 is 17.3 Å². The number of rotatable bonds is 7. The maximum absolute atomic E-state index is 11.9. The van der Waals surface area contributed by atoms with Crippen molar-refractivity contribution in [3.63, 3.8) is 0 Å². The molecule has 0 amide bonds. The fraction of sp³-hybridized carbons (Fsp3) is 0.571. The molecule has 110 valence electrons. The molecule has 1 N–H and O–H groups in total. The molecule has 1 fully saturated rings. The smallest absolute Gasteiger partial charge is 0.287 e. The molecule has 2 rings (SSSR count). The van der Waals surface area contributed by atoms with Crippen LogP contribution in [0.2, 0.25) is 5.02 Å². The molecule has 1 saturated carbocycles. The third-order valence-electron chi connectivity index (χ3n) is 3.36. The minimum absolute atomic E-state index is 0.155. The van der Waals surface area contributed by atoms with Crippen molar-refractivity contribution in [1.82, 2.24) is 9.78 Å². The molecular weight excluding hydrogens is 278 g/mol. The summed E-state index contributed by atoms with van der Waals surface area (Å²) < 4.78 is 7.01. The third-order valence-corrected chi connectivity index (χ3v) is 3.73. The van der Waals surface area contributed by atoms with Crippen LogP contribution in [-0.2, 0) is 11.3 Å². The highest BCUT2D eigenvalue weighted by atomic mass is 35.5. The molecule has 1 aliphatic carbocycles. The Hall–Kier alpha value is -1.33. The van der Waals surface area contributed by atoms with E-state index in [0.717, 1.165) is 12.8 Å². The van der Waals surface area contributed by atoms with E-state index in [0.29, 0.717) is 31.5 Å². The van der Waals surface area contributed by atoms with Crippen molar-refractivity contribution in [3.05, 3.63) is 34.2 Å². The Balaban J connectivity index is 1.84. The zero-order valence-electron chi connectivity index (χ0n) is 11.5. The lowest BCUT2D eigenvalue weighted by atomic mass is 10.3. The number of hydrogen-bond acceptors (Lipinski definition) is 4. The van der Waals surface area contributed by atoms with Gasteiger partial charge >= 0.3 is 0 Å². The number of nitrogens with zero attached hydrogens (tertiary/aromatic N) is 2. The van der Waals surface area contributed by atoms with Gasteiger partial charge in [0, 0.05) is 6.54 Å². The summed E-state index contributed by atoms with van der Waals surface area (Å²) in [6.07, 6.45) is 8.38. The van der Waals surface area contributed by atoms with Gasteiger partial charge in [0.1, 0.15) is 5.02 Å². The van der Waals surface area contributed by atoms with Crippen molar-refractivity contribution < 1.29 is 4.74 Å². The van der Waals surface area contributed by atoms with Gasteiger partial charge in [0.05, 0.1) is 31.1 Å². The molecule has 5 nitrogen and oxygen atoms in total. The van der Waals surface area contributed by atoms with Crippen LogP contribution in [-0.4, -0.2) is 29.0 Å². The summed E-state index contributed by atoms with van der Waals surface area (Å²) in [4.78, 5) is 11.9. The summed E-state index contributed by atoms with van der Waals surface area (Å²) in [6, 6.07) is 0. The molecule has 0 atom stereocenters. The molecule has 1 aromatic heterocycles. The van der Waals surface area contributed by atoms with Crippen molar-refractivity contribution in [2.75, 3.05) is 18.5 Å². The van der Waals surface area contributed by atoms with E-state index in [1.807, 2.05) is 0 Å². The van der Waals surface area contributed by atoms with Crippen LogP contribution in [0.5, 0.6) is 0 Å². The number of anilines is 1. The summed E-state index contributed by atoms with van der Waals surface area (Å²) in [7, 11) is 0. The monoisotopic (exact) mass is 297 g/mol. The maximum Gasteiger partial charge on any atom is 0.287 e. The number of aromatic nitrogens is 2. The van der Waals surface area contributed by atoms with Crippen LogP contribution < -0.4 is 10.9 Å². The van der Waals surface area contributed by atoms with Crippen molar-refractivity contribution in [1.29, 1.82) is 0 Å². The zero-order valence-corrected chi connectivity index (χ0v) is 12.2. The number of halogens is 1. The maximum atomic E-state index is 11.9. The highest BCUT2D eigenvalue weighted by Crippen LogP contribution is 2.20. The normalized spacial score (nSPS) is 15.4. The van der Waals surface area contributed by atoms with E-state index in [1.54, 1.807) is 12.3 Å². The number of hydrogen-bond donors (Lipinski definition) is 1. The first-order valence-electron chi connectivity index (χ1n) is 6.94. The predicted octanol–water partition coefficient (Wildman–Crippen LogP) is 2.45. The van der Waals surface area contributed by atoms with E-state index in [2.05, 4.69) is 17.0 Å². The second-order valence-corrected chi connectivity index (χ2v) is 5.23. The summed E-state index contributed by atoms with van der Waals surface area (Å²) in [6.45, 7) is 5.15. The van der Waals surface area contributed by atoms with Crippen LogP contribution in [0.25, 0.3) is 0 Å². The molecule has 1 aliphatic rings. The van der Waals surface area contributed by atoms with Crippen molar-refractivity contribution in [2.24, 2.45) is 0 Å². The fourth-order valence-corrected chi connectivity index (χ4v) is 2.52. The SMILES string of the molecule is C=CCn1ncc(NCCOC2CCCC2)c(Cl)c1=O. The van der Waals surface area contributed by atoms with Gasteiger partial charge in [-0.25, -0.2) is 4.68 Å². The quantitative estimate of drug-likeness (QED) is 0.620. The van der Waals surface area contributed by atoms with E-state index in [-0.39, 0.29) is 10.6 Å².